The van der Waals surface area contributed by atoms with Crippen molar-refractivity contribution < 1.29 is 32.8 Å². The Balaban J connectivity index is 2.08. The molecule has 2 N–H and O–H groups in total. The van der Waals surface area contributed by atoms with E-state index >= 15 is 0 Å². The average Bonchev–Trinajstić information content (AvgIpc) is 3.08. The van der Waals surface area contributed by atoms with Crippen molar-refractivity contribution in [2.75, 3.05) is 6.26 Å². The maximum absolute atomic E-state index is 13.6. The van der Waals surface area contributed by atoms with Crippen LogP contribution in [-0.4, -0.2) is 54.7 Å². The SMILES string of the molecule is Cc1c(C(=O)N(Cc2cccc(S(C)(=O)=O)c2)C(C(=O)O)C(C)C)ccc2c1B(O)OC2. The molecule has 1 aliphatic heterocycles. The monoisotopic (exact) mass is 459 g/mol. The Morgan fingerprint density at radius 2 is 1.91 bits per heavy atom. The van der Waals surface area contributed by atoms with E-state index in [1.54, 1.807) is 45.0 Å². The Bertz CT molecular complexity index is 1160. The molecule has 1 amide bonds. The zero-order chi connectivity index (χ0) is 23.8. The first-order valence-corrected chi connectivity index (χ1v) is 12.1. The van der Waals surface area contributed by atoms with E-state index in [2.05, 4.69) is 0 Å². The molecule has 0 fully saturated rings. The van der Waals surface area contributed by atoms with Gasteiger partial charge >= 0.3 is 13.1 Å². The lowest BCUT2D eigenvalue weighted by molar-refractivity contribution is -0.144. The molecule has 170 valence electrons. The van der Waals surface area contributed by atoms with Crippen LogP contribution in [0.1, 0.15) is 40.9 Å². The number of carbonyl (C=O) groups is 2. The number of amides is 1. The molecule has 1 unspecified atom stereocenters. The van der Waals surface area contributed by atoms with Crippen LogP contribution in [0.2, 0.25) is 0 Å². The number of nitrogens with zero attached hydrogens (tertiary/aromatic N) is 1. The Kier molecular flexibility index (Phi) is 6.78. The Morgan fingerprint density at radius 3 is 2.50 bits per heavy atom. The normalized spacial score (nSPS) is 14.4. The second-order valence-electron chi connectivity index (χ2n) is 8.35. The van der Waals surface area contributed by atoms with Crippen molar-refractivity contribution in [3.63, 3.8) is 0 Å². The standard InChI is InChI=1S/C22H26BNO7S/c1-13(2)20(22(26)27)24(11-15-6-5-7-17(10-15)32(4,29)30)21(25)18-9-8-16-12-31-23(28)19(16)14(18)3/h5-10,13,20,28H,11-12H2,1-4H3,(H,26,27). The Hall–Kier alpha value is -2.69. The van der Waals surface area contributed by atoms with Crippen LogP contribution in [0.25, 0.3) is 0 Å². The van der Waals surface area contributed by atoms with Gasteiger partial charge in [-0.05, 0) is 53.2 Å². The summed E-state index contributed by atoms with van der Waals surface area (Å²) in [6, 6.07) is 8.28. The molecule has 0 radical (unpaired) electrons. The van der Waals surface area contributed by atoms with Gasteiger partial charge in [-0.25, -0.2) is 13.2 Å². The molecule has 0 aromatic heterocycles. The van der Waals surface area contributed by atoms with Crippen molar-refractivity contribution in [1.82, 2.24) is 4.90 Å². The lowest BCUT2D eigenvalue weighted by Crippen LogP contribution is -2.48. The van der Waals surface area contributed by atoms with E-state index in [1.807, 2.05) is 0 Å². The van der Waals surface area contributed by atoms with Gasteiger partial charge in [-0.15, -0.1) is 0 Å². The fraction of sp³-hybridized carbons (Fsp3) is 0.364. The highest BCUT2D eigenvalue weighted by Gasteiger charge is 2.36. The molecule has 3 rings (SSSR count). The summed E-state index contributed by atoms with van der Waals surface area (Å²) in [5.74, 6) is -2.08. The number of rotatable bonds is 7. The zero-order valence-electron chi connectivity index (χ0n) is 18.4. The van der Waals surface area contributed by atoms with Crippen molar-refractivity contribution in [3.8, 4) is 0 Å². The molecule has 0 saturated heterocycles. The predicted molar refractivity (Wildman–Crippen MR) is 119 cm³/mol. The zero-order valence-corrected chi connectivity index (χ0v) is 19.2. The fourth-order valence-electron chi connectivity index (χ4n) is 4.04. The predicted octanol–water partition coefficient (Wildman–Crippen LogP) is 1.37. The largest absolute Gasteiger partial charge is 0.492 e. The molecule has 0 saturated carbocycles. The van der Waals surface area contributed by atoms with E-state index in [0.29, 0.717) is 16.6 Å². The van der Waals surface area contributed by atoms with Crippen molar-refractivity contribution >= 4 is 34.3 Å². The van der Waals surface area contributed by atoms with Gasteiger partial charge in [-0.1, -0.05) is 32.0 Å². The van der Waals surface area contributed by atoms with Gasteiger partial charge in [-0.3, -0.25) is 4.79 Å². The van der Waals surface area contributed by atoms with Crippen molar-refractivity contribution in [3.05, 3.63) is 58.7 Å². The second-order valence-corrected chi connectivity index (χ2v) is 10.4. The molecule has 10 heteroatoms. The minimum Gasteiger partial charge on any atom is -0.480 e. The lowest BCUT2D eigenvalue weighted by atomic mass is 9.75. The number of aliphatic carboxylic acids is 1. The van der Waals surface area contributed by atoms with Crippen LogP contribution in [0.15, 0.2) is 41.3 Å². The minimum absolute atomic E-state index is 0.0904. The van der Waals surface area contributed by atoms with E-state index in [4.69, 9.17) is 4.65 Å². The van der Waals surface area contributed by atoms with E-state index in [-0.39, 0.29) is 23.6 Å². The highest BCUT2D eigenvalue weighted by Crippen LogP contribution is 2.23. The van der Waals surface area contributed by atoms with Crippen LogP contribution in [0, 0.1) is 12.8 Å². The molecule has 1 aliphatic rings. The van der Waals surface area contributed by atoms with Crippen LogP contribution < -0.4 is 5.46 Å². The summed E-state index contributed by atoms with van der Waals surface area (Å²) in [5.41, 5.74) is 2.58. The molecule has 1 heterocycles. The van der Waals surface area contributed by atoms with Crippen LogP contribution in [0.5, 0.6) is 0 Å². The van der Waals surface area contributed by atoms with Gasteiger partial charge in [0.1, 0.15) is 6.04 Å². The number of hydrogen-bond acceptors (Lipinski definition) is 6. The summed E-state index contributed by atoms with van der Waals surface area (Å²) in [6.45, 7) is 5.25. The number of carboxylic acid groups (broad SMARTS) is 1. The van der Waals surface area contributed by atoms with E-state index < -0.39 is 40.8 Å². The molecular weight excluding hydrogens is 433 g/mol. The van der Waals surface area contributed by atoms with Gasteiger partial charge in [0.05, 0.1) is 11.5 Å². The molecule has 0 aliphatic carbocycles. The molecule has 32 heavy (non-hydrogen) atoms. The van der Waals surface area contributed by atoms with E-state index in [0.717, 1.165) is 11.8 Å². The quantitative estimate of drug-likeness (QED) is 0.600. The average molecular weight is 459 g/mol. The highest BCUT2D eigenvalue weighted by atomic mass is 32.2. The number of carboxylic acids is 1. The minimum atomic E-state index is -3.47. The number of benzene rings is 2. The van der Waals surface area contributed by atoms with Gasteiger partial charge in [0.2, 0.25) is 0 Å². The Morgan fingerprint density at radius 1 is 1.22 bits per heavy atom. The third-order valence-corrected chi connectivity index (χ3v) is 6.75. The first kappa shape index (κ1) is 24.0. The van der Waals surface area contributed by atoms with Crippen molar-refractivity contribution in [2.24, 2.45) is 5.92 Å². The van der Waals surface area contributed by atoms with Crippen molar-refractivity contribution in [2.45, 2.75) is 44.9 Å². The fourth-order valence-corrected chi connectivity index (χ4v) is 4.73. The number of fused-ring (bicyclic) bond motifs is 1. The molecule has 2 aromatic carbocycles. The first-order chi connectivity index (χ1) is 14.9. The van der Waals surface area contributed by atoms with Crippen LogP contribution in [0.3, 0.4) is 0 Å². The third-order valence-electron chi connectivity index (χ3n) is 5.64. The molecule has 8 nitrogen and oxygen atoms in total. The number of carbonyl (C=O) groups excluding carboxylic acids is 1. The molecule has 2 aromatic rings. The van der Waals surface area contributed by atoms with Gasteiger partial charge in [0, 0.05) is 18.4 Å². The number of sulfone groups is 1. The highest BCUT2D eigenvalue weighted by molar-refractivity contribution is 7.90. The van der Waals surface area contributed by atoms with E-state index in [1.165, 1.54) is 17.0 Å². The Labute approximate surface area is 187 Å². The van der Waals surface area contributed by atoms with Crippen LogP contribution >= 0.6 is 0 Å². The summed E-state index contributed by atoms with van der Waals surface area (Å²) in [7, 11) is -4.61. The van der Waals surface area contributed by atoms with Gasteiger partial charge in [-0.2, -0.15) is 0 Å². The molecular formula is C22H26BNO7S. The maximum atomic E-state index is 13.6. The summed E-state index contributed by atoms with van der Waals surface area (Å²) < 4.78 is 29.1. The maximum Gasteiger partial charge on any atom is 0.492 e. The van der Waals surface area contributed by atoms with Crippen molar-refractivity contribution in [1.29, 1.82) is 0 Å². The summed E-state index contributed by atoms with van der Waals surface area (Å²) >= 11 is 0. The van der Waals surface area contributed by atoms with Crippen LogP contribution in [-0.2, 0) is 32.4 Å². The topological polar surface area (TPSA) is 121 Å². The summed E-state index contributed by atoms with van der Waals surface area (Å²) in [5, 5.41) is 20.0. The summed E-state index contributed by atoms with van der Waals surface area (Å²) in [4.78, 5) is 27.1. The second kappa shape index (κ2) is 9.05. The van der Waals surface area contributed by atoms with Crippen LogP contribution in [0.4, 0.5) is 0 Å². The molecule has 1 atom stereocenters. The lowest BCUT2D eigenvalue weighted by Gasteiger charge is -2.32. The van der Waals surface area contributed by atoms with Gasteiger partial charge in [0.15, 0.2) is 9.84 Å². The molecule has 0 bridgehead atoms. The van der Waals surface area contributed by atoms with Gasteiger partial charge < -0.3 is 19.7 Å². The first-order valence-electron chi connectivity index (χ1n) is 10.2. The smallest absolute Gasteiger partial charge is 0.480 e. The number of hydrogen-bond donors (Lipinski definition) is 2. The summed E-state index contributed by atoms with van der Waals surface area (Å²) in [6.07, 6.45) is 1.09. The van der Waals surface area contributed by atoms with E-state index in [9.17, 15) is 28.1 Å². The molecule has 0 spiro atoms. The third kappa shape index (κ3) is 4.72. The van der Waals surface area contributed by atoms with Gasteiger partial charge in [0.25, 0.3) is 5.91 Å².